The Hall–Kier alpha value is -2.34. The first-order chi connectivity index (χ1) is 20.2. The van der Waals surface area contributed by atoms with Crippen LogP contribution >= 0.6 is 0 Å². The predicted octanol–water partition coefficient (Wildman–Crippen LogP) is -7.96. The smallest absolute Gasteiger partial charge is 0.392 e. The summed E-state index contributed by atoms with van der Waals surface area (Å²) < 4.78 is 0. The molecular weight excluding hydrogens is 568 g/mol. The molecule has 0 saturated heterocycles. The summed E-state index contributed by atoms with van der Waals surface area (Å²) in [5.41, 5.74) is 9.41. The molecule has 0 aromatic heterocycles. The van der Waals surface area contributed by atoms with E-state index in [-0.39, 0.29) is 39.3 Å². The van der Waals surface area contributed by atoms with Crippen LogP contribution < -0.4 is 48.4 Å². The van der Waals surface area contributed by atoms with E-state index in [9.17, 15) is 39.3 Å². The lowest BCUT2D eigenvalue weighted by Gasteiger charge is -2.29. The molecule has 244 valence electrons. The Morgan fingerprint density at radius 2 is 0.744 bits per heavy atom. The van der Waals surface area contributed by atoms with E-state index < -0.39 is 51.8 Å². The molecule has 43 heavy (non-hydrogen) atoms. The fraction of sp³-hybridized carbons (Fsp3) is 0.789. The maximum Gasteiger partial charge on any atom is 0.392 e. The van der Waals surface area contributed by atoms with E-state index >= 15 is 0 Å². The van der Waals surface area contributed by atoms with Crippen LogP contribution in [0.15, 0.2) is 0 Å². The van der Waals surface area contributed by atoms with Gasteiger partial charge in [-0.1, -0.05) is 0 Å². The summed E-state index contributed by atoms with van der Waals surface area (Å²) in [7, 11) is -2.14. The van der Waals surface area contributed by atoms with Gasteiger partial charge in [-0.05, 0) is 34.3 Å². The molecule has 0 aromatic carbocycles. The number of nitrogens with one attached hydrogen (secondary N) is 9. The zero-order valence-corrected chi connectivity index (χ0v) is 25.6. The average Bonchev–Trinajstić information content (AvgIpc) is 2.92. The molecule has 0 bridgehead atoms. The SMILES string of the molecule is CNCCN(CCN(CC(=O)NNB(C)O)CC(=O)NNB(C)O)CCN(CC(=O)NNB(C)O)CC(=O)NNB(C)O. The second-order valence-corrected chi connectivity index (χ2v) is 9.84. The van der Waals surface area contributed by atoms with Crippen molar-refractivity contribution in [3.8, 4) is 0 Å². The molecule has 20 nitrogen and oxygen atoms in total. The third kappa shape index (κ3) is 24.8. The van der Waals surface area contributed by atoms with E-state index in [2.05, 4.69) is 48.4 Å². The largest absolute Gasteiger partial charge is 0.436 e. The first kappa shape index (κ1) is 40.7. The van der Waals surface area contributed by atoms with Gasteiger partial charge in [0, 0.05) is 39.3 Å². The second-order valence-electron chi connectivity index (χ2n) is 9.84. The van der Waals surface area contributed by atoms with Crippen molar-refractivity contribution in [2.75, 3.05) is 72.5 Å². The summed E-state index contributed by atoms with van der Waals surface area (Å²) in [4.78, 5) is 54.7. The third-order valence-electron chi connectivity index (χ3n) is 5.29. The lowest BCUT2D eigenvalue weighted by Crippen LogP contribution is -2.54. The van der Waals surface area contributed by atoms with E-state index in [1.165, 1.54) is 27.3 Å². The van der Waals surface area contributed by atoms with Gasteiger partial charge in [-0.25, -0.2) is 21.3 Å². The maximum absolute atomic E-state index is 12.4. The summed E-state index contributed by atoms with van der Waals surface area (Å²) in [5.74, 6) is -1.95. The third-order valence-corrected chi connectivity index (χ3v) is 5.29. The average molecular weight is 616 g/mol. The number of carbonyl (C=O) groups is 4. The number of nitrogens with zero attached hydrogens (tertiary/aromatic N) is 3. The van der Waals surface area contributed by atoms with Crippen LogP contribution in [-0.2, 0) is 19.2 Å². The van der Waals surface area contributed by atoms with Crippen molar-refractivity contribution in [1.29, 1.82) is 0 Å². The monoisotopic (exact) mass is 616 g/mol. The number of likely N-dealkylation sites (N-methyl/N-ethyl adjacent to an activating group) is 1. The van der Waals surface area contributed by atoms with Gasteiger partial charge in [0.1, 0.15) is 0 Å². The highest BCUT2D eigenvalue weighted by Gasteiger charge is 2.20. The van der Waals surface area contributed by atoms with Crippen LogP contribution in [0.25, 0.3) is 0 Å². The Balaban J connectivity index is 5.45. The molecule has 0 heterocycles. The Morgan fingerprint density at radius 3 is 0.977 bits per heavy atom. The van der Waals surface area contributed by atoms with Crippen LogP contribution in [0.3, 0.4) is 0 Å². The Kier molecular flexibility index (Phi) is 22.7. The molecule has 0 rings (SSSR count). The van der Waals surface area contributed by atoms with E-state index in [1.807, 2.05) is 4.90 Å². The van der Waals surface area contributed by atoms with Gasteiger partial charge in [0.2, 0.25) is 23.6 Å². The molecule has 0 aliphatic heterocycles. The van der Waals surface area contributed by atoms with Crippen LogP contribution in [0.5, 0.6) is 0 Å². The molecule has 0 aliphatic rings. The number of carbonyl (C=O) groups excluding carboxylic acids is 4. The van der Waals surface area contributed by atoms with Crippen molar-refractivity contribution >= 4 is 51.8 Å². The number of amides is 4. The summed E-state index contributed by atoms with van der Waals surface area (Å²) in [6.07, 6.45) is 0. The minimum absolute atomic E-state index is 0.180. The molecule has 0 atom stereocenters. The zero-order chi connectivity index (χ0) is 32.8. The van der Waals surface area contributed by atoms with Crippen molar-refractivity contribution in [3.63, 3.8) is 0 Å². The van der Waals surface area contributed by atoms with Crippen molar-refractivity contribution in [3.05, 3.63) is 0 Å². The predicted molar refractivity (Wildman–Crippen MR) is 164 cm³/mol. The second kappa shape index (κ2) is 24.0. The van der Waals surface area contributed by atoms with Gasteiger partial charge in [-0.2, -0.15) is 0 Å². The highest BCUT2D eigenvalue weighted by atomic mass is 16.2. The van der Waals surface area contributed by atoms with Gasteiger partial charge in [0.25, 0.3) is 0 Å². The number of hydrogen-bond donors (Lipinski definition) is 13. The van der Waals surface area contributed by atoms with E-state index in [0.717, 1.165) is 0 Å². The standard InChI is InChI=1S/C19H48B4N12O8/c1-20(40)29-25-16(36)12-34(13-17(37)26-30-21(2)41)10-8-33(7-6-24-5)9-11-35(14-18(38)27-31-22(3)42)15-19(39)28-32-23(4)43/h24,29-32,40-43H,6-15H2,1-5H3,(H,25,36)(H,26,37)(H,27,38)(H,28,39). The van der Waals surface area contributed by atoms with Crippen LogP contribution in [0, 0.1) is 0 Å². The molecule has 0 spiro atoms. The first-order valence-corrected chi connectivity index (χ1v) is 13.9. The summed E-state index contributed by atoms with van der Waals surface area (Å²) in [6.45, 7) is 7.50. The summed E-state index contributed by atoms with van der Waals surface area (Å²) >= 11 is 0. The van der Waals surface area contributed by atoms with Crippen LogP contribution in [-0.4, -0.2) is 159 Å². The molecule has 0 radical (unpaired) electrons. The molecule has 0 aliphatic carbocycles. The Labute approximate surface area is 254 Å². The van der Waals surface area contributed by atoms with Gasteiger partial charge < -0.3 is 25.4 Å². The minimum Gasteiger partial charge on any atom is -0.436 e. The molecule has 0 fully saturated rings. The quantitative estimate of drug-likeness (QED) is 0.0336. The van der Waals surface area contributed by atoms with Gasteiger partial charge in [0.15, 0.2) is 0 Å². The van der Waals surface area contributed by atoms with E-state index in [1.54, 1.807) is 16.8 Å². The lowest BCUT2D eigenvalue weighted by atomic mass is 9.91. The topological polar surface area (TPSA) is 267 Å². The highest BCUT2D eigenvalue weighted by Crippen LogP contribution is 1.97. The van der Waals surface area contributed by atoms with E-state index in [0.29, 0.717) is 26.2 Å². The molecule has 0 unspecified atom stereocenters. The van der Waals surface area contributed by atoms with Crippen molar-refractivity contribution in [2.24, 2.45) is 0 Å². The molecule has 0 saturated carbocycles. The molecule has 24 heteroatoms. The molecule has 0 aromatic rings. The fourth-order valence-electron chi connectivity index (χ4n) is 3.31. The summed E-state index contributed by atoms with van der Waals surface area (Å²) in [6, 6.07) is 0. The minimum atomic E-state index is -0.981. The molecule has 13 N–H and O–H groups in total. The van der Waals surface area contributed by atoms with Crippen LogP contribution in [0.4, 0.5) is 0 Å². The van der Waals surface area contributed by atoms with Gasteiger partial charge in [0.05, 0.1) is 26.2 Å². The highest BCUT2D eigenvalue weighted by molar-refractivity contribution is 6.46. The first-order valence-electron chi connectivity index (χ1n) is 13.9. The van der Waals surface area contributed by atoms with E-state index in [4.69, 9.17) is 0 Å². The summed E-state index contributed by atoms with van der Waals surface area (Å²) in [5, 5.41) is 50.0. The zero-order valence-electron chi connectivity index (χ0n) is 25.6. The van der Waals surface area contributed by atoms with Crippen molar-refractivity contribution in [1.82, 2.24) is 63.1 Å². The maximum atomic E-state index is 12.4. The molecular formula is C19H48B4N12O8. The number of hydrazine groups is 4. The van der Waals surface area contributed by atoms with Crippen molar-refractivity contribution in [2.45, 2.75) is 27.3 Å². The normalized spacial score (nSPS) is 11.0. The van der Waals surface area contributed by atoms with Gasteiger partial charge in [-0.3, -0.25) is 55.6 Å². The fourth-order valence-corrected chi connectivity index (χ4v) is 3.31. The van der Waals surface area contributed by atoms with Crippen molar-refractivity contribution < 1.29 is 39.3 Å². The Morgan fingerprint density at radius 1 is 0.488 bits per heavy atom. The van der Waals surface area contributed by atoms with Crippen LogP contribution in [0.2, 0.25) is 27.3 Å². The number of rotatable bonds is 25. The van der Waals surface area contributed by atoms with Gasteiger partial charge in [-0.15, -0.1) is 0 Å². The van der Waals surface area contributed by atoms with Crippen LogP contribution in [0.1, 0.15) is 0 Å². The Bertz CT molecular complexity index is 710. The lowest BCUT2D eigenvalue weighted by molar-refractivity contribution is -0.127. The number of hydrogen-bond acceptors (Lipinski definition) is 16. The van der Waals surface area contributed by atoms with Gasteiger partial charge >= 0.3 is 28.2 Å². The molecule has 4 amide bonds.